The standard InChI is InChI=1S/C16H21FO5/c1-12(18)21-11-16(3,17)9-15(22-13(2)19)20-10-14-7-5-4-6-8-14/h4-8,15H,9-11H2,1-3H3. The Hall–Kier alpha value is -1.95. The van der Waals surface area contributed by atoms with Gasteiger partial charge in [-0.25, -0.2) is 4.39 Å². The highest BCUT2D eigenvalue weighted by Crippen LogP contribution is 2.22. The van der Waals surface area contributed by atoms with Gasteiger partial charge in [-0.05, 0) is 12.5 Å². The highest BCUT2D eigenvalue weighted by atomic mass is 19.1. The zero-order valence-electron chi connectivity index (χ0n) is 13.0. The van der Waals surface area contributed by atoms with Gasteiger partial charge in [0.15, 0.2) is 0 Å². The molecule has 1 rings (SSSR count). The van der Waals surface area contributed by atoms with Crippen LogP contribution in [0.4, 0.5) is 4.39 Å². The van der Waals surface area contributed by atoms with Gasteiger partial charge in [-0.2, -0.15) is 0 Å². The monoisotopic (exact) mass is 312 g/mol. The molecule has 0 amide bonds. The lowest BCUT2D eigenvalue weighted by molar-refractivity contribution is -0.190. The molecule has 0 saturated heterocycles. The first-order valence-corrected chi connectivity index (χ1v) is 6.93. The van der Waals surface area contributed by atoms with E-state index in [1.54, 1.807) is 0 Å². The average Bonchev–Trinajstić information content (AvgIpc) is 2.43. The summed E-state index contributed by atoms with van der Waals surface area (Å²) in [6.07, 6.45) is -1.28. The third-order valence-corrected chi connectivity index (χ3v) is 2.74. The first-order chi connectivity index (χ1) is 10.3. The van der Waals surface area contributed by atoms with Crippen LogP contribution in [0, 0.1) is 0 Å². The van der Waals surface area contributed by atoms with Crippen molar-refractivity contribution < 1.29 is 28.2 Å². The number of hydrogen-bond acceptors (Lipinski definition) is 5. The summed E-state index contributed by atoms with van der Waals surface area (Å²) < 4.78 is 29.4. The molecule has 0 aliphatic carbocycles. The van der Waals surface area contributed by atoms with Crippen molar-refractivity contribution >= 4 is 11.9 Å². The van der Waals surface area contributed by atoms with Crippen LogP contribution in [0.25, 0.3) is 0 Å². The van der Waals surface area contributed by atoms with Crippen LogP contribution in [0.15, 0.2) is 30.3 Å². The summed E-state index contributed by atoms with van der Waals surface area (Å²) in [6.45, 7) is 3.45. The van der Waals surface area contributed by atoms with Gasteiger partial charge in [-0.1, -0.05) is 30.3 Å². The van der Waals surface area contributed by atoms with Gasteiger partial charge in [-0.15, -0.1) is 0 Å². The molecule has 0 heterocycles. The molecule has 0 saturated carbocycles. The average molecular weight is 312 g/mol. The molecule has 6 heteroatoms. The van der Waals surface area contributed by atoms with Gasteiger partial charge in [0, 0.05) is 20.3 Å². The van der Waals surface area contributed by atoms with E-state index in [-0.39, 0.29) is 13.0 Å². The summed E-state index contributed by atoms with van der Waals surface area (Å²) in [5, 5.41) is 0. The van der Waals surface area contributed by atoms with Crippen molar-refractivity contribution in [3.8, 4) is 0 Å². The minimum atomic E-state index is -1.86. The minimum Gasteiger partial charge on any atom is -0.462 e. The summed E-state index contributed by atoms with van der Waals surface area (Å²) in [6, 6.07) is 9.25. The number of hydrogen-bond donors (Lipinski definition) is 0. The Balaban J connectivity index is 2.59. The Morgan fingerprint density at radius 2 is 1.82 bits per heavy atom. The van der Waals surface area contributed by atoms with Crippen LogP contribution in [0.2, 0.25) is 0 Å². The third-order valence-electron chi connectivity index (χ3n) is 2.74. The molecule has 1 aromatic rings. The quantitative estimate of drug-likeness (QED) is 0.545. The summed E-state index contributed by atoms with van der Waals surface area (Å²) in [5.41, 5.74) is -0.983. The lowest BCUT2D eigenvalue weighted by Gasteiger charge is -2.25. The van der Waals surface area contributed by atoms with E-state index in [1.165, 1.54) is 20.8 Å². The number of alkyl halides is 1. The largest absolute Gasteiger partial charge is 0.462 e. The number of carbonyl (C=O) groups is 2. The molecule has 0 N–H and O–H groups in total. The Morgan fingerprint density at radius 1 is 1.18 bits per heavy atom. The smallest absolute Gasteiger partial charge is 0.304 e. The van der Waals surface area contributed by atoms with Crippen LogP contribution in [0.3, 0.4) is 0 Å². The lowest BCUT2D eigenvalue weighted by Crippen LogP contribution is -2.34. The maximum absolute atomic E-state index is 14.3. The molecule has 5 nitrogen and oxygen atoms in total. The number of ether oxygens (including phenoxy) is 3. The van der Waals surface area contributed by atoms with Crippen LogP contribution in [-0.2, 0) is 30.4 Å². The topological polar surface area (TPSA) is 61.8 Å². The van der Waals surface area contributed by atoms with Gasteiger partial charge in [0.05, 0.1) is 6.61 Å². The van der Waals surface area contributed by atoms with Gasteiger partial charge >= 0.3 is 11.9 Å². The van der Waals surface area contributed by atoms with E-state index >= 15 is 0 Å². The second kappa shape index (κ2) is 8.48. The fourth-order valence-electron chi connectivity index (χ4n) is 1.74. The molecule has 0 fully saturated rings. The van der Waals surface area contributed by atoms with Crippen molar-refractivity contribution in [2.75, 3.05) is 6.61 Å². The van der Waals surface area contributed by atoms with Crippen molar-refractivity contribution in [3.05, 3.63) is 35.9 Å². The summed E-state index contributed by atoms with van der Waals surface area (Å²) >= 11 is 0. The molecular formula is C16H21FO5. The molecule has 0 spiro atoms. The molecule has 0 aromatic heterocycles. The zero-order chi connectivity index (χ0) is 16.6. The number of halogens is 1. The summed E-state index contributed by atoms with van der Waals surface area (Å²) in [7, 11) is 0. The third kappa shape index (κ3) is 7.73. The van der Waals surface area contributed by atoms with E-state index in [4.69, 9.17) is 9.47 Å². The van der Waals surface area contributed by atoms with Gasteiger partial charge in [0.25, 0.3) is 0 Å². The second-order valence-electron chi connectivity index (χ2n) is 5.23. The van der Waals surface area contributed by atoms with Crippen LogP contribution in [0.1, 0.15) is 32.8 Å². The lowest BCUT2D eigenvalue weighted by atomic mass is 10.1. The number of esters is 2. The minimum absolute atomic E-state index is 0.183. The molecule has 2 unspecified atom stereocenters. The maximum Gasteiger partial charge on any atom is 0.304 e. The van der Waals surface area contributed by atoms with Crippen molar-refractivity contribution in [2.45, 2.75) is 45.8 Å². The molecular weight excluding hydrogens is 291 g/mol. The second-order valence-corrected chi connectivity index (χ2v) is 5.23. The normalized spacial score (nSPS) is 14.7. The Labute approximate surface area is 129 Å². The maximum atomic E-state index is 14.3. The fourth-order valence-corrected chi connectivity index (χ4v) is 1.74. The molecule has 0 aliphatic rings. The van der Waals surface area contributed by atoms with Gasteiger partial charge in [-0.3, -0.25) is 9.59 Å². The number of rotatable bonds is 8. The molecule has 22 heavy (non-hydrogen) atoms. The highest BCUT2D eigenvalue weighted by Gasteiger charge is 2.31. The molecule has 0 bridgehead atoms. The van der Waals surface area contributed by atoms with E-state index in [0.29, 0.717) is 0 Å². The molecule has 1 aromatic carbocycles. The van der Waals surface area contributed by atoms with Gasteiger partial charge in [0.1, 0.15) is 12.3 Å². The van der Waals surface area contributed by atoms with Crippen LogP contribution >= 0.6 is 0 Å². The van der Waals surface area contributed by atoms with Gasteiger partial charge in [0.2, 0.25) is 6.29 Å². The molecule has 122 valence electrons. The van der Waals surface area contributed by atoms with Crippen LogP contribution in [-0.4, -0.2) is 30.5 Å². The van der Waals surface area contributed by atoms with Crippen LogP contribution < -0.4 is 0 Å². The zero-order valence-corrected chi connectivity index (χ0v) is 13.0. The number of carbonyl (C=O) groups excluding carboxylic acids is 2. The first kappa shape index (κ1) is 18.1. The number of benzene rings is 1. The van der Waals surface area contributed by atoms with Crippen molar-refractivity contribution in [1.29, 1.82) is 0 Å². The van der Waals surface area contributed by atoms with E-state index in [1.807, 2.05) is 30.3 Å². The summed E-state index contributed by atoms with van der Waals surface area (Å²) in [5.74, 6) is -1.14. The van der Waals surface area contributed by atoms with E-state index in [9.17, 15) is 14.0 Å². The van der Waals surface area contributed by atoms with Gasteiger partial charge < -0.3 is 14.2 Å². The Morgan fingerprint density at radius 3 is 2.36 bits per heavy atom. The van der Waals surface area contributed by atoms with E-state index < -0.39 is 30.5 Å². The molecule has 0 radical (unpaired) electrons. The molecule has 0 aliphatic heterocycles. The predicted molar refractivity (Wildman–Crippen MR) is 77.5 cm³/mol. The highest BCUT2D eigenvalue weighted by molar-refractivity contribution is 5.66. The first-order valence-electron chi connectivity index (χ1n) is 6.93. The summed E-state index contributed by atoms with van der Waals surface area (Å²) in [4.78, 5) is 21.9. The molecule has 2 atom stereocenters. The van der Waals surface area contributed by atoms with Crippen molar-refractivity contribution in [1.82, 2.24) is 0 Å². The Kier molecular flexibility index (Phi) is 6.98. The van der Waals surface area contributed by atoms with Crippen LogP contribution in [0.5, 0.6) is 0 Å². The predicted octanol–water partition coefficient (Wildman–Crippen LogP) is 2.77. The van der Waals surface area contributed by atoms with Crippen molar-refractivity contribution in [3.63, 3.8) is 0 Å². The SMILES string of the molecule is CC(=O)OCC(C)(F)CC(OCc1ccccc1)OC(C)=O. The van der Waals surface area contributed by atoms with E-state index in [2.05, 4.69) is 4.74 Å². The van der Waals surface area contributed by atoms with E-state index in [0.717, 1.165) is 5.56 Å². The van der Waals surface area contributed by atoms with Crippen molar-refractivity contribution in [2.24, 2.45) is 0 Å². The Bertz CT molecular complexity index is 487. The fraction of sp³-hybridized carbons (Fsp3) is 0.500.